The molecule has 2 unspecified atom stereocenters. The average molecular weight is 244 g/mol. The molecule has 1 aliphatic heterocycles. The molecule has 0 amide bonds. The first-order valence-electron chi connectivity index (χ1n) is 4.69. The molecule has 0 aromatic heterocycles. The molecule has 0 bridgehead atoms. The number of aliphatic hydroxyl groups excluding tert-OH is 1. The molecule has 2 atom stereocenters. The fourth-order valence-corrected chi connectivity index (χ4v) is 1.46. The number of nitrogens with one attached hydrogen (secondary N) is 1. The Bertz CT molecular complexity index is 360. The van der Waals surface area contributed by atoms with Crippen LogP contribution in [-0.2, 0) is 4.84 Å². The Kier molecular flexibility index (Phi) is 4.26. The third-order valence-electron chi connectivity index (χ3n) is 2.27. The minimum Gasteiger partial charge on any atom is -0.388 e. The third-order valence-corrected chi connectivity index (χ3v) is 2.27. The predicted molar refractivity (Wildman–Crippen MR) is 62.9 cm³/mol. The Hall–Kier alpha value is -1.14. The molecule has 1 aromatic rings. The number of aliphatic hydroxyl groups is 1. The highest BCUT2D eigenvalue weighted by Crippen LogP contribution is 2.23. The number of nitrogens with two attached hydrogens (primary N) is 1. The Morgan fingerprint density at radius 2 is 2.12 bits per heavy atom. The van der Waals surface area contributed by atoms with Crippen LogP contribution < -0.4 is 11.3 Å². The van der Waals surface area contributed by atoms with Gasteiger partial charge in [0.1, 0.15) is 0 Å². The summed E-state index contributed by atoms with van der Waals surface area (Å²) in [5.41, 5.74) is 7.89. The Labute approximate surface area is 99.7 Å². The van der Waals surface area contributed by atoms with Gasteiger partial charge in [-0.1, -0.05) is 30.3 Å². The predicted octanol–water partition coefficient (Wildman–Crippen LogP) is 0.708. The van der Waals surface area contributed by atoms with E-state index in [1.165, 1.54) is 6.21 Å². The number of rotatable bonds is 3. The van der Waals surface area contributed by atoms with Gasteiger partial charge in [0.2, 0.25) is 0 Å². The van der Waals surface area contributed by atoms with Gasteiger partial charge in [-0.15, -0.1) is 12.4 Å². The normalized spacial score (nSPS) is 24.6. The molecular formula is C10H14ClN3O2. The van der Waals surface area contributed by atoms with E-state index in [1.807, 2.05) is 30.3 Å². The van der Waals surface area contributed by atoms with Gasteiger partial charge in [0, 0.05) is 6.42 Å². The van der Waals surface area contributed by atoms with E-state index < -0.39 is 11.8 Å². The van der Waals surface area contributed by atoms with Crippen LogP contribution in [0.1, 0.15) is 18.1 Å². The van der Waals surface area contributed by atoms with Crippen LogP contribution >= 0.6 is 12.4 Å². The molecule has 6 heteroatoms. The maximum Gasteiger partial charge on any atom is 0.186 e. The minimum atomic E-state index is -1.03. The lowest BCUT2D eigenvalue weighted by Crippen LogP contribution is -2.44. The highest BCUT2D eigenvalue weighted by Gasteiger charge is 2.31. The zero-order chi connectivity index (χ0) is 10.7. The first kappa shape index (κ1) is 12.9. The molecule has 4 N–H and O–H groups in total. The number of hydrazone groups is 1. The molecule has 1 aliphatic rings. The smallest absolute Gasteiger partial charge is 0.186 e. The van der Waals surface area contributed by atoms with Crippen LogP contribution in [0.2, 0.25) is 0 Å². The molecule has 0 radical (unpaired) electrons. The zero-order valence-electron chi connectivity index (χ0n) is 8.54. The first-order valence-corrected chi connectivity index (χ1v) is 4.69. The van der Waals surface area contributed by atoms with Crippen molar-refractivity contribution in [3.63, 3.8) is 0 Å². The summed E-state index contributed by atoms with van der Waals surface area (Å²) in [5, 5.41) is 13.5. The van der Waals surface area contributed by atoms with Crippen LogP contribution in [0.15, 0.2) is 35.4 Å². The maximum absolute atomic E-state index is 9.90. The van der Waals surface area contributed by atoms with Gasteiger partial charge in [-0.3, -0.25) is 5.73 Å². The molecule has 1 heterocycles. The summed E-state index contributed by atoms with van der Waals surface area (Å²) in [6, 6.07) is 9.30. The van der Waals surface area contributed by atoms with Crippen LogP contribution in [-0.4, -0.2) is 17.0 Å². The molecule has 2 rings (SSSR count). The summed E-state index contributed by atoms with van der Waals surface area (Å²) < 4.78 is 0. The molecule has 5 nitrogen and oxygen atoms in total. The number of hydrogen-bond donors (Lipinski definition) is 3. The van der Waals surface area contributed by atoms with Crippen molar-refractivity contribution in [1.82, 2.24) is 5.59 Å². The van der Waals surface area contributed by atoms with Gasteiger partial charge in [0.25, 0.3) is 0 Å². The minimum absolute atomic E-state index is 0. The summed E-state index contributed by atoms with van der Waals surface area (Å²) in [6.07, 6.45) is 1.04. The van der Waals surface area contributed by atoms with E-state index in [1.54, 1.807) is 0 Å². The quantitative estimate of drug-likeness (QED) is 0.731. The number of benzene rings is 1. The van der Waals surface area contributed by atoms with Crippen LogP contribution in [0.3, 0.4) is 0 Å². The SMILES string of the molecule is Cl.NC1(CC(O)c2ccccc2)C=NNO1. The van der Waals surface area contributed by atoms with Crippen molar-refractivity contribution in [2.24, 2.45) is 10.8 Å². The summed E-state index contributed by atoms with van der Waals surface area (Å²) in [7, 11) is 0. The Balaban J connectivity index is 0.00000128. The second kappa shape index (κ2) is 5.27. The van der Waals surface area contributed by atoms with Gasteiger partial charge in [-0.05, 0) is 5.56 Å². The van der Waals surface area contributed by atoms with Gasteiger partial charge in [0.05, 0.1) is 12.3 Å². The van der Waals surface area contributed by atoms with Crippen molar-refractivity contribution in [1.29, 1.82) is 0 Å². The fraction of sp³-hybridized carbons (Fsp3) is 0.300. The van der Waals surface area contributed by atoms with Crippen molar-refractivity contribution in [3.8, 4) is 0 Å². The van der Waals surface area contributed by atoms with Gasteiger partial charge in [0.15, 0.2) is 5.72 Å². The highest BCUT2D eigenvalue weighted by atomic mass is 35.5. The van der Waals surface area contributed by atoms with E-state index >= 15 is 0 Å². The standard InChI is InChI=1S/C10H13N3O2.ClH/c11-10(7-12-13-15-10)6-9(14)8-4-2-1-3-5-8;/h1-5,7,9,13-14H,6,11H2;1H. The molecule has 0 spiro atoms. The van der Waals surface area contributed by atoms with Crippen molar-refractivity contribution in [2.75, 3.05) is 0 Å². The number of halogens is 1. The first-order chi connectivity index (χ1) is 7.20. The highest BCUT2D eigenvalue weighted by molar-refractivity contribution is 5.85. The van der Waals surface area contributed by atoms with E-state index in [4.69, 9.17) is 10.6 Å². The molecule has 0 fully saturated rings. The second-order valence-corrected chi connectivity index (χ2v) is 3.54. The van der Waals surface area contributed by atoms with E-state index in [0.29, 0.717) is 0 Å². The summed E-state index contributed by atoms with van der Waals surface area (Å²) in [5.74, 6) is 0. The lowest BCUT2D eigenvalue weighted by atomic mass is 10.0. The Morgan fingerprint density at radius 1 is 1.44 bits per heavy atom. The summed E-state index contributed by atoms with van der Waals surface area (Å²) >= 11 is 0. The summed E-state index contributed by atoms with van der Waals surface area (Å²) in [6.45, 7) is 0. The lowest BCUT2D eigenvalue weighted by Gasteiger charge is -2.21. The molecule has 88 valence electrons. The van der Waals surface area contributed by atoms with Crippen LogP contribution in [0, 0.1) is 0 Å². The number of hydrogen-bond acceptors (Lipinski definition) is 5. The Morgan fingerprint density at radius 3 is 2.69 bits per heavy atom. The lowest BCUT2D eigenvalue weighted by molar-refractivity contribution is -0.0596. The molecule has 16 heavy (non-hydrogen) atoms. The molecule has 0 aliphatic carbocycles. The zero-order valence-corrected chi connectivity index (χ0v) is 9.35. The van der Waals surface area contributed by atoms with E-state index in [9.17, 15) is 5.11 Å². The van der Waals surface area contributed by atoms with Gasteiger partial charge >= 0.3 is 0 Å². The van der Waals surface area contributed by atoms with Gasteiger partial charge in [-0.2, -0.15) is 10.7 Å². The van der Waals surface area contributed by atoms with Gasteiger partial charge < -0.3 is 5.11 Å². The third kappa shape index (κ3) is 2.93. The van der Waals surface area contributed by atoms with E-state index in [0.717, 1.165) is 5.56 Å². The van der Waals surface area contributed by atoms with Gasteiger partial charge in [-0.25, -0.2) is 4.84 Å². The van der Waals surface area contributed by atoms with Crippen molar-refractivity contribution >= 4 is 18.6 Å². The van der Waals surface area contributed by atoms with Crippen molar-refractivity contribution < 1.29 is 9.94 Å². The number of nitrogens with zero attached hydrogens (tertiary/aromatic N) is 1. The average Bonchev–Trinajstić information content (AvgIpc) is 2.66. The van der Waals surface area contributed by atoms with Crippen molar-refractivity contribution in [2.45, 2.75) is 18.2 Å². The second-order valence-electron chi connectivity index (χ2n) is 3.54. The topological polar surface area (TPSA) is 79.9 Å². The van der Waals surface area contributed by atoms with Crippen LogP contribution in [0.25, 0.3) is 0 Å². The van der Waals surface area contributed by atoms with Crippen LogP contribution in [0.5, 0.6) is 0 Å². The molecule has 0 saturated heterocycles. The van der Waals surface area contributed by atoms with Crippen molar-refractivity contribution in [3.05, 3.63) is 35.9 Å². The maximum atomic E-state index is 9.90. The van der Waals surface area contributed by atoms with E-state index in [2.05, 4.69) is 10.7 Å². The van der Waals surface area contributed by atoms with Crippen LogP contribution in [0.4, 0.5) is 0 Å². The molecule has 0 saturated carbocycles. The fourth-order valence-electron chi connectivity index (χ4n) is 1.46. The molecular weight excluding hydrogens is 230 g/mol. The summed E-state index contributed by atoms with van der Waals surface area (Å²) in [4.78, 5) is 4.98. The monoisotopic (exact) mass is 243 g/mol. The van der Waals surface area contributed by atoms with E-state index in [-0.39, 0.29) is 18.8 Å². The largest absolute Gasteiger partial charge is 0.388 e. The molecule has 1 aromatic carbocycles.